The number of nitrogens with one attached hydrogen (secondary N) is 9. The number of carbonyl (C=O) groups excluding carboxylic acids is 8. The first-order valence-corrected chi connectivity index (χ1v) is 28.6. The fourth-order valence-corrected chi connectivity index (χ4v) is 8.10. The number of carbonyl (C=O) groups is 10. The van der Waals surface area contributed by atoms with E-state index < -0.39 is 153 Å². The fraction of sp³-hybridized carbons (Fsp3) is 0.518. The van der Waals surface area contributed by atoms with Crippen LogP contribution in [0.1, 0.15) is 95.4 Å². The van der Waals surface area contributed by atoms with E-state index >= 15 is 0 Å². The maximum Gasteiger partial charge on any atom is 0.317 e. The Kier molecular flexibility index (Phi) is 38.3. The van der Waals surface area contributed by atoms with Crippen LogP contribution in [0.3, 0.4) is 0 Å². The Hall–Kier alpha value is -8.62. The molecule has 1 aliphatic rings. The van der Waals surface area contributed by atoms with Crippen molar-refractivity contribution in [3.05, 3.63) is 83.3 Å². The number of nitrogens with two attached hydrogens (primary N) is 2. The van der Waals surface area contributed by atoms with Crippen LogP contribution in [-0.2, 0) is 60.2 Å². The van der Waals surface area contributed by atoms with E-state index in [0.717, 1.165) is 4.90 Å². The van der Waals surface area contributed by atoms with E-state index in [1.165, 1.54) is 68.1 Å². The van der Waals surface area contributed by atoms with Crippen molar-refractivity contribution in [3.8, 4) is 0 Å². The van der Waals surface area contributed by atoms with Crippen LogP contribution in [0, 0.1) is 11.4 Å². The van der Waals surface area contributed by atoms with E-state index in [1.54, 1.807) is 13.8 Å². The van der Waals surface area contributed by atoms with Gasteiger partial charge in [-0.2, -0.15) is 0 Å². The van der Waals surface area contributed by atoms with Crippen LogP contribution >= 0.6 is 0 Å². The summed E-state index contributed by atoms with van der Waals surface area (Å²) < 4.78 is 0. The summed E-state index contributed by atoms with van der Waals surface area (Å²) in [7, 11) is 1.38. The van der Waals surface area contributed by atoms with Crippen LogP contribution in [0.15, 0.2) is 71.2 Å². The number of unbranched alkanes of at least 4 members (excludes halogenated alkanes) is 2. The number of carboxylic acid groups (broad SMARTS) is 2. The number of aliphatic imine (C=N–C) groups is 1. The zero-order chi connectivity index (χ0) is 69.1. The molecule has 8 amide bonds. The van der Waals surface area contributed by atoms with Crippen LogP contribution in [0.5, 0.6) is 0 Å². The quantitative estimate of drug-likeness (QED) is 0.0134. The number of aliphatic carboxylic acids is 2. The molecule has 93 heavy (non-hydrogen) atoms. The van der Waals surface area contributed by atoms with E-state index in [9.17, 15) is 68.4 Å². The van der Waals surface area contributed by atoms with Crippen molar-refractivity contribution in [2.24, 2.45) is 27.5 Å². The van der Waals surface area contributed by atoms with Gasteiger partial charge in [0.25, 0.3) is 17.7 Å². The fourth-order valence-electron chi connectivity index (χ4n) is 8.10. The minimum absolute atomic E-state index is 0. The summed E-state index contributed by atoms with van der Waals surface area (Å²) in [5.74, 6) is -7.97. The molecule has 3 heterocycles. The molecule has 2 aromatic heterocycles. The van der Waals surface area contributed by atoms with Crippen LogP contribution < -0.4 is 54.0 Å². The first-order valence-electron chi connectivity index (χ1n) is 28.6. The van der Waals surface area contributed by atoms with Crippen LogP contribution in [0.4, 0.5) is 11.5 Å². The third kappa shape index (κ3) is 30.1. The van der Waals surface area contributed by atoms with Gasteiger partial charge >= 0.3 is 11.9 Å². The molecule has 2 bridgehead atoms. The van der Waals surface area contributed by atoms with Gasteiger partial charge in [-0.3, -0.25) is 63.2 Å². The second-order valence-electron chi connectivity index (χ2n) is 21.1. The summed E-state index contributed by atoms with van der Waals surface area (Å²) in [6.45, 7) is -0.0896. The molecule has 36 nitrogen and oxygen atoms in total. The minimum atomic E-state index is -1.71. The first kappa shape index (κ1) is 82.4. The number of aromatic nitrogens is 2. The number of nitrogens with zero attached hydrogens (tertiary/aromatic N) is 5. The van der Waals surface area contributed by atoms with Crippen molar-refractivity contribution in [2.45, 2.75) is 113 Å². The number of aliphatic hydroxyl groups excluding tert-OH is 8. The van der Waals surface area contributed by atoms with E-state index in [-0.39, 0.29) is 87.9 Å². The van der Waals surface area contributed by atoms with Crippen molar-refractivity contribution < 1.29 is 119 Å². The molecule has 1 radical (unpaired) electrons. The summed E-state index contributed by atoms with van der Waals surface area (Å²) >= 11 is 0. The largest absolute Gasteiger partial charge is 0.481 e. The molecular formula is C56H84N16O20Tc. The summed E-state index contributed by atoms with van der Waals surface area (Å²) in [5.41, 5.74) is 17.7. The molecule has 3 aromatic rings. The number of fused-ring (bicyclic) bond motifs is 2. The van der Waals surface area contributed by atoms with Gasteiger partial charge in [0, 0.05) is 95.2 Å². The number of pyridine rings is 2. The Morgan fingerprint density at radius 1 is 0.785 bits per heavy atom. The Morgan fingerprint density at radius 2 is 1.42 bits per heavy atom. The minimum Gasteiger partial charge on any atom is -0.481 e. The third-order valence-electron chi connectivity index (χ3n) is 13.5. The maximum absolute atomic E-state index is 14.0. The van der Waals surface area contributed by atoms with Gasteiger partial charge < -0.3 is 105 Å². The normalized spacial score (nSPS) is 16.7. The standard InChI is InChI=1S/C38H53N13O9.C12H18N2O6.C6H13NO5.Tc/c1-21(2)32-37(60)51(3)27(8-7-13-43-38(39)40)36(59)46-20-30(53)48-26(17-31(54)55)35(58)45-18-22-14-24(34(57)49-32)16-25(15-22)47-29(52)9-5-4-6-12-42-33(56)23-10-11-28(50-41)44-19-23;15-6-9(17)11(19)10(18)8(16)5-14-12(20)7-1-3-13-4-2-7;8-2-6(3-9,4-10)7-1-5(11)12;/h10-11,14-16,19,21,26-27,32,41H,4-9,12-13,17-18,20H2,1-3H3,(H,42,56)(H,45,58)(H,46,59)(H,47,52)(H,48,53)(H,49,57)(H,54,55)(H4,39,40,43);1-4,8-11,15-19H,5-6H2,(H,14,20);7-10H,1-4H2,(H,11,12);/t26-,27-,32+;8-,9-,10-,11+;;/m01../s1. The average molecular weight is 1400 g/mol. The van der Waals surface area contributed by atoms with Crippen LogP contribution in [0.2, 0.25) is 0 Å². The molecule has 515 valence electrons. The van der Waals surface area contributed by atoms with Crippen molar-refractivity contribution in [1.82, 2.24) is 52.1 Å². The number of likely N-dealkylation sites (N-methyl/N-ethyl adjacent to an activating group) is 1. The molecule has 7 atom stereocenters. The Morgan fingerprint density at radius 3 is 1.99 bits per heavy atom. The monoisotopic (exact) mass is 1400 g/mol. The van der Waals surface area contributed by atoms with Crippen LogP contribution in [-0.4, -0.2) is 245 Å². The second-order valence-corrected chi connectivity index (χ2v) is 21.1. The number of aliphatic hydroxyl groups is 8. The van der Waals surface area contributed by atoms with Crippen molar-refractivity contribution in [1.29, 1.82) is 5.53 Å². The summed E-state index contributed by atoms with van der Waals surface area (Å²) in [6.07, 6.45) is -1.07. The Balaban J connectivity index is 0.00000106. The zero-order valence-corrected chi connectivity index (χ0v) is 53.1. The molecule has 4 rings (SSSR count). The molecule has 1 aromatic carbocycles. The summed E-state index contributed by atoms with van der Waals surface area (Å²) in [6, 6.07) is 6.39. The van der Waals surface area contributed by atoms with Gasteiger partial charge in [0.05, 0.1) is 63.1 Å². The Bertz CT molecular complexity index is 2940. The van der Waals surface area contributed by atoms with E-state index in [2.05, 4.69) is 62.6 Å². The Labute approximate surface area is 547 Å². The van der Waals surface area contributed by atoms with Gasteiger partial charge in [0.15, 0.2) is 11.8 Å². The van der Waals surface area contributed by atoms with Gasteiger partial charge in [-0.25, -0.2) is 10.5 Å². The van der Waals surface area contributed by atoms with Gasteiger partial charge in [0.1, 0.15) is 36.4 Å². The van der Waals surface area contributed by atoms with E-state index in [1.807, 2.05) is 0 Å². The van der Waals surface area contributed by atoms with Crippen molar-refractivity contribution in [2.75, 3.05) is 71.5 Å². The van der Waals surface area contributed by atoms with E-state index in [4.69, 9.17) is 47.6 Å². The number of amides is 8. The molecule has 0 spiro atoms. The summed E-state index contributed by atoms with van der Waals surface area (Å²) in [4.78, 5) is 139. The molecule has 37 heteroatoms. The summed E-state index contributed by atoms with van der Waals surface area (Å²) in [5, 5.41) is 114. The molecule has 0 unspecified atom stereocenters. The molecule has 23 N–H and O–H groups in total. The maximum atomic E-state index is 14.0. The van der Waals surface area contributed by atoms with E-state index in [0.29, 0.717) is 42.5 Å². The molecule has 1 aliphatic heterocycles. The third-order valence-corrected chi connectivity index (χ3v) is 13.5. The number of anilines is 1. The molecule has 0 fully saturated rings. The van der Waals surface area contributed by atoms with Crippen LogP contribution in [0.25, 0.3) is 0 Å². The first-order chi connectivity index (χ1) is 43.5. The van der Waals surface area contributed by atoms with Crippen molar-refractivity contribution in [3.63, 3.8) is 0 Å². The van der Waals surface area contributed by atoms with Gasteiger partial charge in [-0.1, -0.05) is 20.3 Å². The number of hydrogen-bond donors (Lipinski definition) is 21. The molecular weight excluding hydrogens is 1310 g/mol. The molecule has 0 saturated heterocycles. The second kappa shape index (κ2) is 43.3. The molecule has 0 saturated carbocycles. The number of hydrogen-bond acceptors (Lipinski definition) is 24. The van der Waals surface area contributed by atoms with Crippen molar-refractivity contribution >= 4 is 76.7 Å². The predicted molar refractivity (Wildman–Crippen MR) is 324 cm³/mol. The van der Waals surface area contributed by atoms with Gasteiger partial charge in [0.2, 0.25) is 29.5 Å². The van der Waals surface area contributed by atoms with Gasteiger partial charge in [-0.05, 0) is 79.6 Å². The topological polar surface area (TPSA) is 599 Å². The zero-order valence-electron chi connectivity index (χ0n) is 51.2. The number of guanidine groups is 1. The number of rotatable bonds is 29. The SMILES string of the molecule is CC(C)[C@H]1NC(=O)c2cc(cc(NC(=O)CCCCCNC(=O)c3ccc(N=N)nc3)c2)CNC(=O)[C@H](CC(=O)O)NC(=O)CNC(=O)[C@H](CCCN=C(N)N)N(C)C1=O.O=C(NC[C@@H](O)[C@@H](O)[C@@H](O)[C@H](O)CO)c1ccncc1.O=C(O)CNC(CO)(CO)CO.[Tc]. The average Bonchev–Trinajstić information content (AvgIpc) is 1.21. The number of benzene rings is 1. The number of carboxylic acids is 2. The predicted octanol–water partition coefficient (Wildman–Crippen LogP) is -5.37. The van der Waals surface area contributed by atoms with Gasteiger partial charge in [-0.15, -0.1) is 5.11 Å². The molecule has 0 aliphatic carbocycles. The smallest absolute Gasteiger partial charge is 0.317 e.